The molecule has 0 spiro atoms. The molecule has 5 rings (SSSR count). The van der Waals surface area contributed by atoms with Gasteiger partial charge in [-0.15, -0.1) is 11.3 Å². The van der Waals surface area contributed by atoms with Gasteiger partial charge in [-0.25, -0.2) is 4.98 Å². The van der Waals surface area contributed by atoms with E-state index in [0.717, 1.165) is 16.4 Å². The summed E-state index contributed by atoms with van der Waals surface area (Å²) >= 11 is 1.38. The van der Waals surface area contributed by atoms with Crippen LogP contribution in [0.5, 0.6) is 5.75 Å². The molecule has 0 atom stereocenters. The summed E-state index contributed by atoms with van der Waals surface area (Å²) in [6.45, 7) is -0.370. The van der Waals surface area contributed by atoms with E-state index in [0.29, 0.717) is 27.2 Å². The standard InChI is InChI=1S/C24H19N3O6S/c1-31-20-10-16-14-4-2-3-5-18(14)33-19(16)11-17(20)26-21(28)12-32-22(29)6-8-27-13-25-23-15(24(27)30)7-9-34-23/h2-5,7,9-11,13H,6,8,12H2,1H3,(H,26,28). The first kappa shape index (κ1) is 21.7. The van der Waals surface area contributed by atoms with E-state index in [4.69, 9.17) is 13.9 Å². The molecule has 0 bridgehead atoms. The summed E-state index contributed by atoms with van der Waals surface area (Å²) in [6, 6.07) is 12.8. The average molecular weight is 477 g/mol. The molecule has 0 aliphatic carbocycles. The van der Waals surface area contributed by atoms with Gasteiger partial charge >= 0.3 is 5.97 Å². The molecule has 9 nitrogen and oxygen atoms in total. The number of hydrogen-bond donors (Lipinski definition) is 1. The zero-order valence-electron chi connectivity index (χ0n) is 18.1. The van der Waals surface area contributed by atoms with E-state index in [-0.39, 0.29) is 18.5 Å². The van der Waals surface area contributed by atoms with Gasteiger partial charge in [-0.05, 0) is 23.6 Å². The van der Waals surface area contributed by atoms with E-state index >= 15 is 0 Å². The summed E-state index contributed by atoms with van der Waals surface area (Å²) in [7, 11) is 1.50. The van der Waals surface area contributed by atoms with Crippen molar-refractivity contribution in [2.75, 3.05) is 19.0 Å². The fourth-order valence-corrected chi connectivity index (χ4v) is 4.41. The first-order valence-corrected chi connectivity index (χ1v) is 11.3. The topological polar surface area (TPSA) is 113 Å². The minimum absolute atomic E-state index is 0.0707. The Kier molecular flexibility index (Phi) is 5.72. The molecule has 0 fully saturated rings. The van der Waals surface area contributed by atoms with Crippen LogP contribution in [0.1, 0.15) is 6.42 Å². The summed E-state index contributed by atoms with van der Waals surface area (Å²) < 4.78 is 17.7. The molecule has 0 aliphatic rings. The van der Waals surface area contributed by atoms with Crippen LogP contribution in [0.3, 0.4) is 0 Å². The molecule has 3 heterocycles. The lowest BCUT2D eigenvalue weighted by molar-refractivity contribution is -0.147. The molecule has 3 aromatic heterocycles. The van der Waals surface area contributed by atoms with Crippen LogP contribution in [0.2, 0.25) is 0 Å². The van der Waals surface area contributed by atoms with Crippen LogP contribution < -0.4 is 15.6 Å². The largest absolute Gasteiger partial charge is 0.495 e. The van der Waals surface area contributed by atoms with Crippen LogP contribution in [0.25, 0.3) is 32.2 Å². The number of benzene rings is 2. The van der Waals surface area contributed by atoms with E-state index in [1.54, 1.807) is 23.6 Å². The number of hydrogen-bond acceptors (Lipinski definition) is 8. The lowest BCUT2D eigenvalue weighted by Gasteiger charge is -2.11. The van der Waals surface area contributed by atoms with Crippen LogP contribution >= 0.6 is 11.3 Å². The number of thiophene rings is 1. The first-order valence-electron chi connectivity index (χ1n) is 10.4. The highest BCUT2D eigenvalue weighted by Crippen LogP contribution is 2.36. The molecule has 10 heteroatoms. The quantitative estimate of drug-likeness (QED) is 0.353. The number of aryl methyl sites for hydroxylation is 1. The minimum atomic E-state index is -0.604. The number of aromatic nitrogens is 2. The van der Waals surface area contributed by atoms with E-state index in [2.05, 4.69) is 10.3 Å². The maximum atomic E-state index is 12.4. The van der Waals surface area contributed by atoms with E-state index in [1.165, 1.54) is 29.3 Å². The monoisotopic (exact) mass is 477 g/mol. The summed E-state index contributed by atoms with van der Waals surface area (Å²) in [5.74, 6) is -0.678. The van der Waals surface area contributed by atoms with Crippen molar-refractivity contribution in [3.8, 4) is 5.75 Å². The van der Waals surface area contributed by atoms with E-state index in [9.17, 15) is 14.4 Å². The Balaban J connectivity index is 1.21. The number of carbonyl (C=O) groups excluding carboxylic acids is 2. The fourth-order valence-electron chi connectivity index (χ4n) is 3.69. The van der Waals surface area contributed by atoms with Gasteiger partial charge < -0.3 is 19.2 Å². The molecular formula is C24H19N3O6S. The van der Waals surface area contributed by atoms with Crippen LogP contribution in [0.4, 0.5) is 5.69 Å². The number of nitrogens with zero attached hydrogens (tertiary/aromatic N) is 2. The zero-order chi connectivity index (χ0) is 23.7. The molecule has 1 N–H and O–H groups in total. The van der Waals surface area contributed by atoms with Gasteiger partial charge in [-0.3, -0.25) is 19.0 Å². The highest BCUT2D eigenvalue weighted by molar-refractivity contribution is 7.16. The van der Waals surface area contributed by atoms with Gasteiger partial charge in [0.2, 0.25) is 0 Å². The fraction of sp³-hybridized carbons (Fsp3) is 0.167. The van der Waals surface area contributed by atoms with Crippen molar-refractivity contribution >= 4 is 61.1 Å². The van der Waals surface area contributed by atoms with Crippen molar-refractivity contribution in [3.63, 3.8) is 0 Å². The molecule has 172 valence electrons. The molecule has 0 unspecified atom stereocenters. The molecule has 1 amide bonds. The first-order chi connectivity index (χ1) is 16.5. The van der Waals surface area contributed by atoms with Crippen LogP contribution in [-0.4, -0.2) is 35.1 Å². The lowest BCUT2D eigenvalue weighted by atomic mass is 10.1. The maximum absolute atomic E-state index is 12.4. The Morgan fingerprint density at radius 2 is 1.97 bits per heavy atom. The third-order valence-corrected chi connectivity index (χ3v) is 6.17. The third-order valence-electron chi connectivity index (χ3n) is 5.34. The van der Waals surface area contributed by atoms with Gasteiger partial charge in [0.15, 0.2) is 6.61 Å². The molecular weight excluding hydrogens is 458 g/mol. The van der Waals surface area contributed by atoms with Gasteiger partial charge in [-0.1, -0.05) is 18.2 Å². The van der Waals surface area contributed by atoms with Crippen LogP contribution in [0, 0.1) is 0 Å². The lowest BCUT2D eigenvalue weighted by Crippen LogP contribution is -2.24. The number of esters is 1. The maximum Gasteiger partial charge on any atom is 0.308 e. The molecule has 0 aliphatic heterocycles. The molecule has 5 aromatic rings. The SMILES string of the molecule is COc1cc2c(cc1NC(=O)COC(=O)CCn1cnc3sccc3c1=O)oc1ccccc12. The Bertz CT molecular complexity index is 1600. The van der Waals surface area contributed by atoms with Crippen molar-refractivity contribution in [2.24, 2.45) is 0 Å². The normalized spacial score (nSPS) is 11.2. The highest BCUT2D eigenvalue weighted by Gasteiger charge is 2.15. The second-order valence-corrected chi connectivity index (χ2v) is 8.38. The number of carbonyl (C=O) groups is 2. The second-order valence-electron chi connectivity index (χ2n) is 7.49. The second kappa shape index (κ2) is 8.99. The number of rotatable bonds is 7. The summed E-state index contributed by atoms with van der Waals surface area (Å²) in [4.78, 5) is 41.7. The van der Waals surface area contributed by atoms with Crippen LogP contribution in [-0.2, 0) is 20.9 Å². The number of fused-ring (bicyclic) bond motifs is 4. The van der Waals surface area contributed by atoms with Crippen molar-refractivity contribution < 1.29 is 23.5 Å². The van der Waals surface area contributed by atoms with Crippen LogP contribution in [0.15, 0.2) is 63.4 Å². The Hall–Kier alpha value is -4.18. The summed E-state index contributed by atoms with van der Waals surface area (Å²) in [6.07, 6.45) is 1.33. The predicted molar refractivity (Wildman–Crippen MR) is 128 cm³/mol. The Morgan fingerprint density at radius 1 is 1.12 bits per heavy atom. The van der Waals surface area contributed by atoms with Gasteiger partial charge in [-0.2, -0.15) is 0 Å². The van der Waals surface area contributed by atoms with Gasteiger partial charge in [0.25, 0.3) is 11.5 Å². The van der Waals surface area contributed by atoms with Gasteiger partial charge in [0.05, 0.1) is 30.9 Å². The highest BCUT2D eigenvalue weighted by atomic mass is 32.1. The van der Waals surface area contributed by atoms with Gasteiger partial charge in [0.1, 0.15) is 21.7 Å². The van der Waals surface area contributed by atoms with Crippen molar-refractivity contribution in [1.82, 2.24) is 9.55 Å². The van der Waals surface area contributed by atoms with Crippen molar-refractivity contribution in [3.05, 3.63) is 64.5 Å². The molecule has 34 heavy (non-hydrogen) atoms. The zero-order valence-corrected chi connectivity index (χ0v) is 18.9. The number of para-hydroxylation sites is 1. The number of amides is 1. The Morgan fingerprint density at radius 3 is 2.82 bits per heavy atom. The van der Waals surface area contributed by atoms with Crippen molar-refractivity contribution in [1.29, 1.82) is 0 Å². The number of anilines is 1. The predicted octanol–water partition coefficient (Wildman–Crippen LogP) is 3.94. The summed E-state index contributed by atoms with van der Waals surface area (Å²) in [5, 5.41) is 6.79. The number of methoxy groups -OCH3 is 1. The Labute approximate surface area is 196 Å². The summed E-state index contributed by atoms with van der Waals surface area (Å²) in [5.41, 5.74) is 1.50. The van der Waals surface area contributed by atoms with E-state index in [1.807, 2.05) is 24.3 Å². The number of nitrogens with one attached hydrogen (secondary N) is 1. The third kappa shape index (κ3) is 4.11. The molecule has 2 aromatic carbocycles. The smallest absolute Gasteiger partial charge is 0.308 e. The van der Waals surface area contributed by atoms with Gasteiger partial charge in [0, 0.05) is 23.4 Å². The minimum Gasteiger partial charge on any atom is -0.495 e. The average Bonchev–Trinajstić information content (AvgIpc) is 3.46. The van der Waals surface area contributed by atoms with Crippen molar-refractivity contribution in [2.45, 2.75) is 13.0 Å². The number of furan rings is 1. The molecule has 0 saturated heterocycles. The molecule has 0 radical (unpaired) electrons. The van der Waals surface area contributed by atoms with E-state index < -0.39 is 18.5 Å². The number of ether oxygens (including phenoxy) is 2. The molecule has 0 saturated carbocycles.